The molecule has 108 valence electrons. The summed E-state index contributed by atoms with van der Waals surface area (Å²) in [6.45, 7) is 7.32. The first-order valence-electron chi connectivity index (χ1n) is 6.97. The third kappa shape index (κ3) is 3.41. The number of nitrogens with zero attached hydrogens (tertiary/aromatic N) is 2. The van der Waals surface area contributed by atoms with Gasteiger partial charge in [-0.25, -0.2) is 0 Å². The van der Waals surface area contributed by atoms with Gasteiger partial charge in [0.2, 0.25) is 0 Å². The quantitative estimate of drug-likeness (QED) is 0.912. The number of benzene rings is 1. The van der Waals surface area contributed by atoms with Crippen LogP contribution in [0.4, 0.5) is 0 Å². The first kappa shape index (κ1) is 15.1. The zero-order valence-electron chi connectivity index (χ0n) is 12.6. The van der Waals surface area contributed by atoms with Crippen molar-refractivity contribution in [3.05, 3.63) is 51.8 Å². The standard InChI is InChI=1S/C16H22ClN3/c1-11(16-12(2)19-20(4)13(16)3)18-10-9-14-5-7-15(17)8-6-14/h5-8,11,18H,9-10H2,1-4H3. The van der Waals surface area contributed by atoms with Gasteiger partial charge in [0, 0.05) is 29.4 Å². The highest BCUT2D eigenvalue weighted by atomic mass is 35.5. The van der Waals surface area contributed by atoms with Crippen molar-refractivity contribution in [3.63, 3.8) is 0 Å². The minimum atomic E-state index is 0.316. The molecule has 1 aromatic heterocycles. The second-order valence-corrected chi connectivity index (χ2v) is 5.70. The Labute approximate surface area is 126 Å². The summed E-state index contributed by atoms with van der Waals surface area (Å²) < 4.78 is 1.95. The molecule has 0 aliphatic heterocycles. The molecule has 0 aliphatic rings. The van der Waals surface area contributed by atoms with Crippen LogP contribution < -0.4 is 5.32 Å². The first-order chi connectivity index (χ1) is 9.49. The van der Waals surface area contributed by atoms with Gasteiger partial charge in [0.15, 0.2) is 0 Å². The van der Waals surface area contributed by atoms with E-state index in [-0.39, 0.29) is 0 Å². The molecular formula is C16H22ClN3. The highest BCUT2D eigenvalue weighted by molar-refractivity contribution is 6.30. The normalized spacial score (nSPS) is 12.7. The minimum absolute atomic E-state index is 0.316. The number of rotatable bonds is 5. The highest BCUT2D eigenvalue weighted by Gasteiger charge is 2.15. The maximum Gasteiger partial charge on any atom is 0.0644 e. The van der Waals surface area contributed by atoms with Gasteiger partial charge in [0.1, 0.15) is 0 Å². The Morgan fingerprint density at radius 2 is 1.90 bits per heavy atom. The van der Waals surface area contributed by atoms with Gasteiger partial charge in [-0.2, -0.15) is 5.10 Å². The molecule has 0 spiro atoms. The first-order valence-corrected chi connectivity index (χ1v) is 7.34. The molecule has 2 aromatic rings. The van der Waals surface area contributed by atoms with Crippen LogP contribution in [0.25, 0.3) is 0 Å². The van der Waals surface area contributed by atoms with Crippen LogP contribution in [0.2, 0.25) is 5.02 Å². The predicted molar refractivity (Wildman–Crippen MR) is 84.3 cm³/mol. The molecular weight excluding hydrogens is 270 g/mol. The molecule has 0 saturated heterocycles. The SMILES string of the molecule is Cc1nn(C)c(C)c1C(C)NCCc1ccc(Cl)cc1. The number of hydrogen-bond donors (Lipinski definition) is 1. The fourth-order valence-electron chi connectivity index (χ4n) is 2.60. The van der Waals surface area contributed by atoms with E-state index in [9.17, 15) is 0 Å². The largest absolute Gasteiger partial charge is 0.310 e. The monoisotopic (exact) mass is 291 g/mol. The van der Waals surface area contributed by atoms with E-state index in [0.29, 0.717) is 6.04 Å². The third-order valence-corrected chi connectivity index (χ3v) is 4.03. The van der Waals surface area contributed by atoms with Crippen molar-refractivity contribution < 1.29 is 0 Å². The minimum Gasteiger partial charge on any atom is -0.310 e. The Bertz CT molecular complexity index is 572. The maximum absolute atomic E-state index is 5.89. The summed E-state index contributed by atoms with van der Waals surface area (Å²) in [7, 11) is 1.99. The van der Waals surface area contributed by atoms with Gasteiger partial charge in [0.05, 0.1) is 5.69 Å². The van der Waals surface area contributed by atoms with Crippen molar-refractivity contribution in [2.75, 3.05) is 6.54 Å². The second kappa shape index (κ2) is 6.42. The van der Waals surface area contributed by atoms with E-state index in [4.69, 9.17) is 11.6 Å². The molecule has 1 unspecified atom stereocenters. The summed E-state index contributed by atoms with van der Waals surface area (Å²) in [6, 6.07) is 8.35. The summed E-state index contributed by atoms with van der Waals surface area (Å²) in [5, 5.41) is 8.83. The lowest BCUT2D eigenvalue weighted by molar-refractivity contribution is 0.571. The zero-order chi connectivity index (χ0) is 14.7. The number of nitrogens with one attached hydrogen (secondary N) is 1. The van der Waals surface area contributed by atoms with Crippen LogP contribution >= 0.6 is 11.6 Å². The lowest BCUT2D eigenvalue weighted by Gasteiger charge is -2.14. The summed E-state index contributed by atoms with van der Waals surface area (Å²) in [6.07, 6.45) is 1.000. The van der Waals surface area contributed by atoms with E-state index in [1.165, 1.54) is 16.8 Å². The summed E-state index contributed by atoms with van der Waals surface area (Å²) in [4.78, 5) is 0. The lowest BCUT2D eigenvalue weighted by atomic mass is 10.1. The van der Waals surface area contributed by atoms with Crippen LogP contribution in [0.15, 0.2) is 24.3 Å². The number of aromatic nitrogens is 2. The Balaban J connectivity index is 1.92. The molecule has 3 nitrogen and oxygen atoms in total. The molecule has 0 fully saturated rings. The zero-order valence-corrected chi connectivity index (χ0v) is 13.3. The average Bonchev–Trinajstić information content (AvgIpc) is 2.65. The van der Waals surface area contributed by atoms with Crippen LogP contribution in [0.5, 0.6) is 0 Å². The van der Waals surface area contributed by atoms with Crippen LogP contribution in [0, 0.1) is 13.8 Å². The fraction of sp³-hybridized carbons (Fsp3) is 0.438. The Hall–Kier alpha value is -1.32. The van der Waals surface area contributed by atoms with Crippen LogP contribution in [-0.2, 0) is 13.5 Å². The van der Waals surface area contributed by atoms with E-state index < -0.39 is 0 Å². The molecule has 1 N–H and O–H groups in total. The van der Waals surface area contributed by atoms with E-state index in [2.05, 4.69) is 43.3 Å². The predicted octanol–water partition coefficient (Wildman–Crippen LogP) is 3.58. The summed E-state index contributed by atoms with van der Waals surface area (Å²) >= 11 is 5.89. The lowest BCUT2D eigenvalue weighted by Crippen LogP contribution is -2.22. The van der Waals surface area contributed by atoms with Crippen molar-refractivity contribution in [2.24, 2.45) is 7.05 Å². The van der Waals surface area contributed by atoms with Crippen molar-refractivity contribution in [1.82, 2.24) is 15.1 Å². The van der Waals surface area contributed by atoms with E-state index in [0.717, 1.165) is 23.7 Å². The summed E-state index contributed by atoms with van der Waals surface area (Å²) in [5.74, 6) is 0. The molecule has 0 amide bonds. The molecule has 1 aromatic carbocycles. The number of hydrogen-bond acceptors (Lipinski definition) is 2. The van der Waals surface area contributed by atoms with Gasteiger partial charge in [-0.3, -0.25) is 4.68 Å². The Morgan fingerprint density at radius 3 is 2.45 bits per heavy atom. The smallest absolute Gasteiger partial charge is 0.0644 e. The Kier molecular flexibility index (Phi) is 4.84. The topological polar surface area (TPSA) is 29.9 Å². The van der Waals surface area contributed by atoms with E-state index in [1.54, 1.807) is 0 Å². The van der Waals surface area contributed by atoms with Gasteiger partial charge in [-0.1, -0.05) is 23.7 Å². The Morgan fingerprint density at radius 1 is 1.25 bits per heavy atom. The maximum atomic E-state index is 5.89. The summed E-state index contributed by atoms with van der Waals surface area (Å²) in [5.41, 5.74) is 4.95. The van der Waals surface area contributed by atoms with E-state index in [1.807, 2.05) is 23.9 Å². The molecule has 20 heavy (non-hydrogen) atoms. The molecule has 0 saturated carbocycles. The van der Waals surface area contributed by atoms with Crippen LogP contribution in [-0.4, -0.2) is 16.3 Å². The van der Waals surface area contributed by atoms with Gasteiger partial charge >= 0.3 is 0 Å². The van der Waals surface area contributed by atoms with Crippen molar-refractivity contribution >= 4 is 11.6 Å². The van der Waals surface area contributed by atoms with Gasteiger partial charge in [0.25, 0.3) is 0 Å². The van der Waals surface area contributed by atoms with Gasteiger partial charge in [-0.05, 0) is 51.4 Å². The number of aryl methyl sites for hydroxylation is 2. The number of halogens is 1. The van der Waals surface area contributed by atoms with Crippen molar-refractivity contribution in [3.8, 4) is 0 Å². The third-order valence-electron chi connectivity index (χ3n) is 3.78. The van der Waals surface area contributed by atoms with E-state index >= 15 is 0 Å². The average molecular weight is 292 g/mol. The molecule has 1 heterocycles. The molecule has 0 radical (unpaired) electrons. The molecule has 0 bridgehead atoms. The van der Waals surface area contributed by atoms with Gasteiger partial charge < -0.3 is 5.32 Å². The molecule has 4 heteroatoms. The van der Waals surface area contributed by atoms with Crippen LogP contribution in [0.3, 0.4) is 0 Å². The second-order valence-electron chi connectivity index (χ2n) is 5.26. The molecule has 0 aliphatic carbocycles. The van der Waals surface area contributed by atoms with Crippen molar-refractivity contribution in [2.45, 2.75) is 33.2 Å². The highest BCUT2D eigenvalue weighted by Crippen LogP contribution is 2.20. The van der Waals surface area contributed by atoms with Crippen molar-refractivity contribution in [1.29, 1.82) is 0 Å². The molecule has 1 atom stereocenters. The molecule has 2 rings (SSSR count). The van der Waals surface area contributed by atoms with Crippen LogP contribution in [0.1, 0.15) is 35.5 Å². The fourth-order valence-corrected chi connectivity index (χ4v) is 2.73. The van der Waals surface area contributed by atoms with Gasteiger partial charge in [-0.15, -0.1) is 0 Å².